The van der Waals surface area contributed by atoms with Crippen molar-refractivity contribution in [1.29, 1.82) is 0 Å². The Kier molecular flexibility index (Phi) is 5.78. The van der Waals surface area contributed by atoms with Crippen LogP contribution in [0.4, 0.5) is 0 Å². The van der Waals surface area contributed by atoms with Crippen molar-refractivity contribution in [2.75, 3.05) is 27.3 Å². The Balaban J connectivity index is 1.68. The summed E-state index contributed by atoms with van der Waals surface area (Å²) < 4.78 is 16.3. The van der Waals surface area contributed by atoms with Crippen LogP contribution in [0.3, 0.4) is 0 Å². The van der Waals surface area contributed by atoms with Crippen molar-refractivity contribution in [3.05, 3.63) is 41.2 Å². The number of carbonyl (C=O) groups excluding carboxylic acids is 1. The molecule has 1 amide bonds. The number of hydrogen-bond donors (Lipinski definition) is 0. The summed E-state index contributed by atoms with van der Waals surface area (Å²) in [6.45, 7) is 1.15. The normalized spacial score (nSPS) is 16.9. The van der Waals surface area contributed by atoms with E-state index < -0.39 is 0 Å². The van der Waals surface area contributed by atoms with E-state index >= 15 is 0 Å². The molecular weight excluding hydrogens is 358 g/mol. The first kappa shape index (κ1) is 18.3. The quantitative estimate of drug-likeness (QED) is 0.797. The molecular formula is C18H20ClN3O4. The minimum Gasteiger partial charge on any atom is -0.493 e. The highest BCUT2D eigenvalue weighted by Gasteiger charge is 2.26. The van der Waals surface area contributed by atoms with Gasteiger partial charge >= 0.3 is 6.01 Å². The summed E-state index contributed by atoms with van der Waals surface area (Å²) in [7, 11) is 3.10. The van der Waals surface area contributed by atoms with Crippen LogP contribution in [-0.4, -0.2) is 54.2 Å². The average Bonchev–Trinajstić information content (AvgIpc) is 2.69. The minimum atomic E-state index is -0.158. The molecule has 0 N–H and O–H groups in total. The second-order valence-corrected chi connectivity index (χ2v) is 6.32. The van der Waals surface area contributed by atoms with Gasteiger partial charge in [0.05, 0.1) is 38.2 Å². The van der Waals surface area contributed by atoms with Crippen LogP contribution in [0.15, 0.2) is 30.6 Å². The molecule has 1 fully saturated rings. The van der Waals surface area contributed by atoms with Gasteiger partial charge in [-0.3, -0.25) is 4.79 Å². The number of aromatic nitrogens is 2. The molecule has 3 rings (SSSR count). The van der Waals surface area contributed by atoms with Crippen LogP contribution < -0.4 is 14.2 Å². The SMILES string of the molecule is COc1ccc(C(=O)N2CCCC(Oc3ncc(Cl)cn3)C2)cc1OC. The summed E-state index contributed by atoms with van der Waals surface area (Å²) in [6.07, 6.45) is 4.49. The number of piperidine rings is 1. The zero-order chi connectivity index (χ0) is 18.5. The van der Waals surface area contributed by atoms with Gasteiger partial charge in [0.25, 0.3) is 5.91 Å². The Hall–Kier alpha value is -2.54. The molecule has 26 heavy (non-hydrogen) atoms. The van der Waals surface area contributed by atoms with Crippen LogP contribution in [0.5, 0.6) is 17.5 Å². The van der Waals surface area contributed by atoms with E-state index in [0.717, 1.165) is 12.8 Å². The van der Waals surface area contributed by atoms with Gasteiger partial charge in [-0.05, 0) is 31.0 Å². The van der Waals surface area contributed by atoms with Crippen LogP contribution in [-0.2, 0) is 0 Å². The van der Waals surface area contributed by atoms with E-state index in [2.05, 4.69) is 9.97 Å². The number of likely N-dealkylation sites (tertiary alicyclic amines) is 1. The van der Waals surface area contributed by atoms with Gasteiger partial charge in [-0.25, -0.2) is 9.97 Å². The van der Waals surface area contributed by atoms with Gasteiger partial charge in [0.15, 0.2) is 11.5 Å². The van der Waals surface area contributed by atoms with Crippen molar-refractivity contribution >= 4 is 17.5 Å². The number of methoxy groups -OCH3 is 2. The van der Waals surface area contributed by atoms with Crippen LogP contribution in [0.2, 0.25) is 5.02 Å². The zero-order valence-electron chi connectivity index (χ0n) is 14.6. The van der Waals surface area contributed by atoms with E-state index in [9.17, 15) is 4.79 Å². The maximum Gasteiger partial charge on any atom is 0.316 e. The summed E-state index contributed by atoms with van der Waals surface area (Å²) >= 11 is 5.78. The molecule has 0 radical (unpaired) electrons. The van der Waals surface area contributed by atoms with Crippen molar-refractivity contribution in [2.24, 2.45) is 0 Å². The van der Waals surface area contributed by atoms with Crippen LogP contribution in [0.1, 0.15) is 23.2 Å². The molecule has 0 saturated carbocycles. The van der Waals surface area contributed by atoms with Gasteiger partial charge in [-0.1, -0.05) is 11.6 Å². The molecule has 0 spiro atoms. The fourth-order valence-electron chi connectivity index (χ4n) is 2.88. The summed E-state index contributed by atoms with van der Waals surface area (Å²) in [5.74, 6) is 1.04. The summed E-state index contributed by atoms with van der Waals surface area (Å²) in [6, 6.07) is 5.41. The number of ether oxygens (including phenoxy) is 3. The van der Waals surface area contributed by atoms with E-state index in [4.69, 9.17) is 25.8 Å². The van der Waals surface area contributed by atoms with E-state index in [1.54, 1.807) is 37.3 Å². The fraction of sp³-hybridized carbons (Fsp3) is 0.389. The summed E-state index contributed by atoms with van der Waals surface area (Å²) in [5.41, 5.74) is 0.547. The van der Waals surface area contributed by atoms with E-state index in [1.165, 1.54) is 12.4 Å². The number of hydrogen-bond acceptors (Lipinski definition) is 6. The highest BCUT2D eigenvalue weighted by atomic mass is 35.5. The Bertz CT molecular complexity index is 770. The fourth-order valence-corrected chi connectivity index (χ4v) is 2.98. The van der Waals surface area contributed by atoms with Crippen LogP contribution in [0, 0.1) is 0 Å². The maximum absolute atomic E-state index is 12.8. The van der Waals surface area contributed by atoms with E-state index in [1.807, 2.05) is 0 Å². The lowest BCUT2D eigenvalue weighted by atomic mass is 10.1. The average molecular weight is 378 g/mol. The Labute approximate surface area is 156 Å². The molecule has 8 heteroatoms. The molecule has 1 aliphatic heterocycles. The molecule has 0 bridgehead atoms. The minimum absolute atomic E-state index is 0.0729. The third-order valence-corrected chi connectivity index (χ3v) is 4.36. The predicted molar refractivity (Wildman–Crippen MR) is 96.1 cm³/mol. The number of carbonyl (C=O) groups is 1. The third kappa shape index (κ3) is 4.16. The Morgan fingerprint density at radius 2 is 1.92 bits per heavy atom. The lowest BCUT2D eigenvalue weighted by Crippen LogP contribution is -2.44. The van der Waals surface area contributed by atoms with Crippen molar-refractivity contribution < 1.29 is 19.0 Å². The lowest BCUT2D eigenvalue weighted by Gasteiger charge is -2.32. The second kappa shape index (κ2) is 8.23. The number of amides is 1. The van der Waals surface area contributed by atoms with Gasteiger partial charge in [0, 0.05) is 12.1 Å². The summed E-state index contributed by atoms with van der Waals surface area (Å²) in [5, 5.41) is 0.450. The molecule has 1 aliphatic rings. The highest BCUT2D eigenvalue weighted by Crippen LogP contribution is 2.28. The largest absolute Gasteiger partial charge is 0.493 e. The van der Waals surface area contributed by atoms with Gasteiger partial charge < -0.3 is 19.1 Å². The molecule has 138 valence electrons. The molecule has 7 nitrogen and oxygen atoms in total. The Morgan fingerprint density at radius 3 is 2.62 bits per heavy atom. The van der Waals surface area contributed by atoms with Gasteiger partial charge in [-0.15, -0.1) is 0 Å². The number of halogens is 1. The highest BCUT2D eigenvalue weighted by molar-refractivity contribution is 6.30. The molecule has 1 aromatic carbocycles. The molecule has 2 aromatic rings. The topological polar surface area (TPSA) is 73.8 Å². The molecule has 1 unspecified atom stereocenters. The van der Waals surface area contributed by atoms with Gasteiger partial charge in [0.2, 0.25) is 0 Å². The number of rotatable bonds is 5. The number of benzene rings is 1. The first-order valence-electron chi connectivity index (χ1n) is 8.26. The maximum atomic E-state index is 12.8. The predicted octanol–water partition coefficient (Wildman–Crippen LogP) is 2.83. The van der Waals surface area contributed by atoms with Gasteiger partial charge in [-0.2, -0.15) is 0 Å². The van der Waals surface area contributed by atoms with Gasteiger partial charge in [0.1, 0.15) is 6.10 Å². The van der Waals surface area contributed by atoms with E-state index in [-0.39, 0.29) is 18.0 Å². The summed E-state index contributed by atoms with van der Waals surface area (Å²) in [4.78, 5) is 22.7. The molecule has 2 heterocycles. The molecule has 1 aromatic heterocycles. The van der Waals surface area contributed by atoms with Crippen molar-refractivity contribution in [3.8, 4) is 17.5 Å². The zero-order valence-corrected chi connectivity index (χ0v) is 15.4. The van der Waals surface area contributed by atoms with Crippen LogP contribution >= 0.6 is 11.6 Å². The second-order valence-electron chi connectivity index (χ2n) is 5.89. The molecule has 0 aliphatic carbocycles. The van der Waals surface area contributed by atoms with Crippen molar-refractivity contribution in [1.82, 2.24) is 14.9 Å². The number of nitrogens with zero attached hydrogens (tertiary/aromatic N) is 3. The first-order chi connectivity index (χ1) is 12.6. The third-order valence-electron chi connectivity index (χ3n) is 4.16. The molecule has 1 atom stereocenters. The van der Waals surface area contributed by atoms with E-state index in [0.29, 0.717) is 35.2 Å². The smallest absolute Gasteiger partial charge is 0.316 e. The van der Waals surface area contributed by atoms with Crippen LogP contribution in [0.25, 0.3) is 0 Å². The lowest BCUT2D eigenvalue weighted by molar-refractivity contribution is 0.0515. The molecule has 1 saturated heterocycles. The Morgan fingerprint density at radius 1 is 1.19 bits per heavy atom. The standard InChI is InChI=1S/C18H20ClN3O4/c1-24-15-6-5-12(8-16(15)25-2)17(23)22-7-3-4-14(11-22)26-18-20-9-13(19)10-21-18/h5-6,8-10,14H,3-4,7,11H2,1-2H3. The van der Waals surface area contributed by atoms with Crippen molar-refractivity contribution in [2.45, 2.75) is 18.9 Å². The first-order valence-corrected chi connectivity index (χ1v) is 8.64. The van der Waals surface area contributed by atoms with Crippen molar-refractivity contribution in [3.63, 3.8) is 0 Å². The monoisotopic (exact) mass is 377 g/mol.